The molecule has 0 radical (unpaired) electrons. The number of nitro groups is 1. The molecular weight excluding hydrogens is 524 g/mol. The standard InChI is InChI=1S/C28H32N2O8S/c1-18-24(27(31)37-4)26(21-7-5-8-22(17-21)30(33)34)25(19(2)29-18)28(32)38-14-6-16-39(35)23-11-9-20(10-12-23)13-15-36-3/h5,7-12,17,24,26H,6,13-16H2,1-4H3. The van der Waals surface area contributed by atoms with Crippen molar-refractivity contribution >= 4 is 34.1 Å². The number of non-ortho nitro benzene ring substituents is 1. The zero-order chi connectivity index (χ0) is 28.5. The van der Waals surface area contributed by atoms with Crippen LogP contribution in [0.15, 0.2) is 69.7 Å². The van der Waals surface area contributed by atoms with Gasteiger partial charge in [0.2, 0.25) is 0 Å². The van der Waals surface area contributed by atoms with Crippen LogP contribution in [0.2, 0.25) is 0 Å². The van der Waals surface area contributed by atoms with Crippen LogP contribution in [-0.2, 0) is 41.0 Å². The Balaban J connectivity index is 1.74. The van der Waals surface area contributed by atoms with Crippen molar-refractivity contribution in [2.45, 2.75) is 37.5 Å². The first-order chi connectivity index (χ1) is 18.7. The first-order valence-corrected chi connectivity index (χ1v) is 13.7. The number of hydrogen-bond acceptors (Lipinski definition) is 9. The van der Waals surface area contributed by atoms with E-state index in [0.717, 1.165) is 12.0 Å². The van der Waals surface area contributed by atoms with Gasteiger partial charge in [-0.2, -0.15) is 0 Å². The van der Waals surface area contributed by atoms with Crippen molar-refractivity contribution in [3.05, 3.63) is 81.0 Å². The van der Waals surface area contributed by atoms with Crippen molar-refractivity contribution in [3.8, 4) is 0 Å². The summed E-state index contributed by atoms with van der Waals surface area (Å²) in [5, 5.41) is 11.4. The smallest absolute Gasteiger partial charge is 0.336 e. The number of allylic oxidation sites excluding steroid dienone is 1. The second-order valence-electron chi connectivity index (χ2n) is 9.01. The summed E-state index contributed by atoms with van der Waals surface area (Å²) >= 11 is 0. The number of nitro benzene ring substituents is 1. The molecule has 0 aromatic heterocycles. The third-order valence-electron chi connectivity index (χ3n) is 6.43. The fourth-order valence-corrected chi connectivity index (χ4v) is 5.56. The van der Waals surface area contributed by atoms with Crippen molar-refractivity contribution in [2.24, 2.45) is 10.9 Å². The molecule has 3 rings (SSSR count). The predicted octanol–water partition coefficient (Wildman–Crippen LogP) is 4.15. The summed E-state index contributed by atoms with van der Waals surface area (Å²) in [5.74, 6) is -2.86. The number of benzene rings is 2. The molecule has 0 bridgehead atoms. The van der Waals surface area contributed by atoms with Gasteiger partial charge in [-0.15, -0.1) is 0 Å². The monoisotopic (exact) mass is 556 g/mol. The van der Waals surface area contributed by atoms with Gasteiger partial charge in [-0.25, -0.2) is 4.79 Å². The highest BCUT2D eigenvalue weighted by molar-refractivity contribution is 7.85. The molecule has 0 saturated carbocycles. The van der Waals surface area contributed by atoms with Gasteiger partial charge in [0.15, 0.2) is 0 Å². The summed E-state index contributed by atoms with van der Waals surface area (Å²) in [6, 6.07) is 13.3. The summed E-state index contributed by atoms with van der Waals surface area (Å²) in [7, 11) is 1.61. The minimum absolute atomic E-state index is 0.000516. The van der Waals surface area contributed by atoms with Crippen molar-refractivity contribution in [1.29, 1.82) is 0 Å². The minimum atomic E-state index is -1.27. The Morgan fingerprint density at radius 3 is 2.44 bits per heavy atom. The van der Waals surface area contributed by atoms with E-state index in [1.54, 1.807) is 27.0 Å². The molecule has 0 saturated heterocycles. The zero-order valence-electron chi connectivity index (χ0n) is 22.4. The van der Waals surface area contributed by atoms with Crippen molar-refractivity contribution < 1.29 is 32.9 Å². The Morgan fingerprint density at radius 1 is 1.08 bits per heavy atom. The third kappa shape index (κ3) is 7.45. The lowest BCUT2D eigenvalue weighted by atomic mass is 9.75. The van der Waals surface area contributed by atoms with Crippen LogP contribution in [0.25, 0.3) is 0 Å². The Kier molecular flexibility index (Phi) is 10.6. The van der Waals surface area contributed by atoms with E-state index in [0.29, 0.717) is 40.6 Å². The first kappa shape index (κ1) is 29.9. The van der Waals surface area contributed by atoms with E-state index in [2.05, 4.69) is 4.99 Å². The number of methoxy groups -OCH3 is 2. The van der Waals surface area contributed by atoms with Gasteiger partial charge in [-0.3, -0.25) is 24.1 Å². The Morgan fingerprint density at radius 2 is 1.79 bits per heavy atom. The lowest BCUT2D eigenvalue weighted by Gasteiger charge is -2.31. The molecular formula is C28H32N2O8S. The van der Waals surface area contributed by atoms with Gasteiger partial charge in [0, 0.05) is 47.2 Å². The molecule has 1 aliphatic heterocycles. The number of rotatable bonds is 12. The maximum Gasteiger partial charge on any atom is 0.336 e. The molecule has 208 valence electrons. The number of ether oxygens (including phenoxy) is 3. The maximum absolute atomic E-state index is 13.3. The first-order valence-electron chi connectivity index (χ1n) is 12.4. The van der Waals surface area contributed by atoms with Crippen LogP contribution in [0.4, 0.5) is 5.69 Å². The summed E-state index contributed by atoms with van der Waals surface area (Å²) in [6.07, 6.45) is 1.12. The Hall–Kier alpha value is -3.70. The minimum Gasteiger partial charge on any atom is -0.468 e. The highest BCUT2D eigenvalue weighted by Gasteiger charge is 2.42. The van der Waals surface area contributed by atoms with Crippen molar-refractivity contribution in [2.75, 3.05) is 33.2 Å². The van der Waals surface area contributed by atoms with E-state index in [9.17, 15) is 23.9 Å². The summed E-state index contributed by atoms with van der Waals surface area (Å²) < 4.78 is 28.3. The maximum atomic E-state index is 13.3. The highest BCUT2D eigenvalue weighted by atomic mass is 32.2. The molecule has 39 heavy (non-hydrogen) atoms. The van der Waals surface area contributed by atoms with Gasteiger partial charge >= 0.3 is 11.9 Å². The van der Waals surface area contributed by atoms with E-state index >= 15 is 0 Å². The van der Waals surface area contributed by atoms with Gasteiger partial charge in [0.05, 0.1) is 41.6 Å². The molecule has 0 spiro atoms. The summed E-state index contributed by atoms with van der Waals surface area (Å²) in [4.78, 5) is 42.0. The van der Waals surface area contributed by atoms with Crippen molar-refractivity contribution in [1.82, 2.24) is 0 Å². The van der Waals surface area contributed by atoms with E-state index in [1.165, 1.54) is 25.3 Å². The largest absolute Gasteiger partial charge is 0.468 e. The van der Waals surface area contributed by atoms with Gasteiger partial charge < -0.3 is 14.2 Å². The molecule has 10 nitrogen and oxygen atoms in total. The molecule has 0 N–H and O–H groups in total. The van der Waals surface area contributed by atoms with Gasteiger partial charge in [0.1, 0.15) is 5.92 Å². The van der Waals surface area contributed by atoms with E-state index in [1.807, 2.05) is 24.3 Å². The Bertz CT molecular complexity index is 1300. The molecule has 3 atom stereocenters. The third-order valence-corrected chi connectivity index (χ3v) is 7.89. The lowest BCUT2D eigenvalue weighted by molar-refractivity contribution is -0.384. The fraction of sp³-hybridized carbons (Fsp3) is 0.393. The Labute approximate surface area is 229 Å². The molecule has 0 aliphatic carbocycles. The fourth-order valence-electron chi connectivity index (χ4n) is 4.50. The summed E-state index contributed by atoms with van der Waals surface area (Å²) in [5.41, 5.74) is 2.22. The lowest BCUT2D eigenvalue weighted by Crippen LogP contribution is -2.36. The van der Waals surface area contributed by atoms with Crippen LogP contribution in [0.1, 0.15) is 37.3 Å². The van der Waals surface area contributed by atoms with Crippen LogP contribution in [0, 0.1) is 16.0 Å². The zero-order valence-corrected chi connectivity index (χ0v) is 23.2. The average molecular weight is 557 g/mol. The number of nitrogens with zero attached hydrogens (tertiary/aromatic N) is 2. The van der Waals surface area contributed by atoms with E-state index < -0.39 is 39.5 Å². The van der Waals surface area contributed by atoms with Gasteiger partial charge in [0.25, 0.3) is 5.69 Å². The normalized spacial score (nSPS) is 17.8. The quantitative estimate of drug-likeness (QED) is 0.165. The SMILES string of the molecule is COCCc1ccc(S(=O)CCCOC(=O)C2=C(C)N=C(C)C(C(=O)OC)C2c2cccc([N+](=O)[O-])c2)cc1. The molecule has 11 heteroatoms. The molecule has 0 fully saturated rings. The van der Waals surface area contributed by atoms with Crippen LogP contribution >= 0.6 is 0 Å². The summed E-state index contributed by atoms with van der Waals surface area (Å²) in [6.45, 7) is 3.89. The number of carbonyl (C=O) groups excluding carboxylic acids is 2. The number of hydrogen-bond donors (Lipinski definition) is 0. The van der Waals surface area contributed by atoms with Crippen LogP contribution in [-0.4, -0.2) is 60.0 Å². The number of aliphatic imine (C=N–C) groups is 1. The molecule has 2 aromatic rings. The number of carbonyl (C=O) groups is 2. The molecule has 1 heterocycles. The molecule has 1 aliphatic rings. The van der Waals surface area contributed by atoms with Crippen LogP contribution in [0.5, 0.6) is 0 Å². The predicted molar refractivity (Wildman–Crippen MR) is 146 cm³/mol. The molecule has 3 unspecified atom stereocenters. The van der Waals surface area contributed by atoms with E-state index in [4.69, 9.17) is 14.2 Å². The highest BCUT2D eigenvalue weighted by Crippen LogP contribution is 2.40. The van der Waals surface area contributed by atoms with Gasteiger partial charge in [-0.1, -0.05) is 24.3 Å². The van der Waals surface area contributed by atoms with E-state index in [-0.39, 0.29) is 17.9 Å². The second-order valence-corrected chi connectivity index (χ2v) is 10.6. The molecule has 0 amide bonds. The van der Waals surface area contributed by atoms with Gasteiger partial charge in [-0.05, 0) is 49.9 Å². The second kappa shape index (κ2) is 13.9. The average Bonchev–Trinajstić information content (AvgIpc) is 2.93. The van der Waals surface area contributed by atoms with Crippen LogP contribution in [0.3, 0.4) is 0 Å². The topological polar surface area (TPSA) is 134 Å². The number of esters is 2. The molecule has 2 aromatic carbocycles. The van der Waals surface area contributed by atoms with Crippen molar-refractivity contribution in [3.63, 3.8) is 0 Å². The van der Waals surface area contributed by atoms with Crippen LogP contribution < -0.4 is 0 Å².